The second-order valence-electron chi connectivity index (χ2n) is 12.4. The Kier molecular flexibility index (Phi) is 8.84. The van der Waals surface area contributed by atoms with Gasteiger partial charge in [0.05, 0.1) is 11.6 Å². The Morgan fingerprint density at radius 2 is 1.71 bits per heavy atom. The predicted molar refractivity (Wildman–Crippen MR) is 182 cm³/mol. The van der Waals surface area contributed by atoms with Crippen LogP contribution in [0.1, 0.15) is 38.3 Å². The van der Waals surface area contributed by atoms with Crippen molar-refractivity contribution in [3.63, 3.8) is 0 Å². The first-order valence-corrected chi connectivity index (χ1v) is 16.3. The lowest BCUT2D eigenvalue weighted by atomic mass is 9.99. The fourth-order valence-electron chi connectivity index (χ4n) is 6.31. The van der Waals surface area contributed by atoms with Crippen LogP contribution in [-0.2, 0) is 11.3 Å². The molecule has 0 radical (unpaired) electrons. The molecule has 250 valence electrons. The first kappa shape index (κ1) is 31.7. The van der Waals surface area contributed by atoms with Gasteiger partial charge in [0, 0.05) is 68.4 Å². The van der Waals surface area contributed by atoms with Crippen LogP contribution < -0.4 is 30.3 Å². The number of pyridine rings is 1. The minimum absolute atomic E-state index is 0.144. The van der Waals surface area contributed by atoms with E-state index in [1.54, 1.807) is 46.3 Å². The van der Waals surface area contributed by atoms with Crippen molar-refractivity contribution in [2.24, 2.45) is 0 Å². The van der Waals surface area contributed by atoms with Crippen molar-refractivity contribution in [3.05, 3.63) is 107 Å². The molecule has 4 aliphatic heterocycles. The number of carbonyl (C=O) groups is 4. The van der Waals surface area contributed by atoms with Gasteiger partial charge in [0.1, 0.15) is 17.6 Å². The van der Waals surface area contributed by atoms with Crippen molar-refractivity contribution < 1.29 is 28.7 Å². The number of nitrogens with one attached hydrogen (secondary N) is 3. The number of piperidine rings is 1. The molecule has 3 aromatic carbocycles. The Balaban J connectivity index is 1.17. The van der Waals surface area contributed by atoms with Gasteiger partial charge in [-0.1, -0.05) is 30.3 Å². The first-order valence-electron chi connectivity index (χ1n) is 16.3. The number of carbonyl (C=O) groups excluding carboxylic acids is 4. The fraction of sp³-hybridized carbons (Fsp3) is 0.270. The number of benzene rings is 3. The van der Waals surface area contributed by atoms with Crippen LogP contribution in [0, 0.1) is 6.92 Å². The minimum atomic E-state index is -0.551. The van der Waals surface area contributed by atoms with Crippen molar-refractivity contribution in [2.75, 3.05) is 37.7 Å². The number of likely N-dealkylation sites (tertiary alicyclic amines) is 1. The molecule has 0 unspecified atom stereocenters. The molecule has 49 heavy (non-hydrogen) atoms. The minimum Gasteiger partial charge on any atom is -0.488 e. The summed E-state index contributed by atoms with van der Waals surface area (Å²) in [4.78, 5) is 60.3. The highest BCUT2D eigenvalue weighted by molar-refractivity contribution is 5.99. The Labute approximate surface area is 283 Å². The Bertz CT molecular complexity index is 1910. The number of urea groups is 1. The van der Waals surface area contributed by atoms with Crippen LogP contribution >= 0.6 is 0 Å². The van der Waals surface area contributed by atoms with Crippen LogP contribution in [0.3, 0.4) is 0 Å². The standard InChI is InChI=1S/C37H36N6O6/c1-23-5-8-26(17-32(23)43-14-12-39-37(43)47)36(46)42-13-11-33-31(21-42)41-35(45)28-15-27(19-38-20-28)25-3-2-4-30(16-25)48-22-34(44)40-18-24-6-9-29(49-33)10-7-24/h2-10,15-17,19-20,31,33H,11-14,18,21-22H2,1H3,(H,39,47)(H,40,44)(H,41,45)/t31-,33+/m1/s1. The quantitative estimate of drug-likeness (QED) is 0.298. The van der Waals surface area contributed by atoms with E-state index in [4.69, 9.17) is 9.47 Å². The lowest BCUT2D eigenvalue weighted by Gasteiger charge is -2.39. The third-order valence-electron chi connectivity index (χ3n) is 8.99. The Morgan fingerprint density at radius 3 is 2.53 bits per heavy atom. The van der Waals surface area contributed by atoms with Crippen LogP contribution in [0.25, 0.3) is 11.1 Å². The van der Waals surface area contributed by atoms with Gasteiger partial charge in [0.15, 0.2) is 6.61 Å². The van der Waals surface area contributed by atoms with E-state index in [1.807, 2.05) is 49.4 Å². The van der Waals surface area contributed by atoms with E-state index >= 15 is 0 Å². The van der Waals surface area contributed by atoms with Gasteiger partial charge < -0.3 is 30.3 Å². The van der Waals surface area contributed by atoms with Crippen molar-refractivity contribution in [1.29, 1.82) is 0 Å². The monoisotopic (exact) mass is 660 g/mol. The molecule has 5 heterocycles. The summed E-state index contributed by atoms with van der Waals surface area (Å²) in [7, 11) is 0. The molecule has 4 aromatic rings. The number of amides is 5. The van der Waals surface area contributed by atoms with Crippen molar-refractivity contribution in [3.8, 4) is 22.6 Å². The maximum Gasteiger partial charge on any atom is 0.322 e. The van der Waals surface area contributed by atoms with Crippen molar-refractivity contribution in [1.82, 2.24) is 25.8 Å². The van der Waals surface area contributed by atoms with Gasteiger partial charge in [0.25, 0.3) is 17.7 Å². The number of fused-ring (bicyclic) bond motifs is 7. The number of aryl methyl sites for hydroxylation is 1. The predicted octanol–water partition coefficient (Wildman–Crippen LogP) is 3.69. The van der Waals surface area contributed by atoms with Gasteiger partial charge in [-0.25, -0.2) is 4.79 Å². The molecule has 0 spiro atoms. The van der Waals surface area contributed by atoms with Crippen molar-refractivity contribution >= 4 is 29.4 Å². The largest absolute Gasteiger partial charge is 0.488 e. The topological polar surface area (TPSA) is 142 Å². The zero-order valence-corrected chi connectivity index (χ0v) is 27.0. The third-order valence-corrected chi connectivity index (χ3v) is 8.99. The summed E-state index contributed by atoms with van der Waals surface area (Å²) < 4.78 is 12.2. The molecular weight excluding hydrogens is 624 g/mol. The molecule has 1 aromatic heterocycles. The van der Waals surface area contributed by atoms with Crippen LogP contribution in [0.2, 0.25) is 0 Å². The lowest BCUT2D eigenvalue weighted by molar-refractivity contribution is -0.123. The van der Waals surface area contributed by atoms with E-state index in [0.717, 1.165) is 16.7 Å². The summed E-state index contributed by atoms with van der Waals surface area (Å²) in [6.07, 6.45) is 3.19. The maximum atomic E-state index is 13.9. The summed E-state index contributed by atoms with van der Waals surface area (Å²) in [5.41, 5.74) is 4.76. The van der Waals surface area contributed by atoms with Crippen LogP contribution in [0.4, 0.5) is 10.5 Å². The number of hydrogen-bond donors (Lipinski definition) is 3. The molecule has 4 aliphatic rings. The van der Waals surface area contributed by atoms with E-state index in [2.05, 4.69) is 20.9 Å². The highest BCUT2D eigenvalue weighted by Gasteiger charge is 2.35. The summed E-state index contributed by atoms with van der Waals surface area (Å²) in [5, 5.41) is 8.82. The first-order chi connectivity index (χ1) is 23.8. The molecule has 0 aliphatic carbocycles. The molecule has 12 nitrogen and oxygen atoms in total. The maximum absolute atomic E-state index is 13.9. The zero-order chi connectivity index (χ0) is 33.9. The molecule has 6 bridgehead atoms. The summed E-state index contributed by atoms with van der Waals surface area (Å²) >= 11 is 0. The average molecular weight is 661 g/mol. The lowest BCUT2D eigenvalue weighted by Crippen LogP contribution is -2.58. The smallest absolute Gasteiger partial charge is 0.322 e. The van der Waals surface area contributed by atoms with E-state index < -0.39 is 12.1 Å². The molecule has 8 rings (SSSR count). The van der Waals surface area contributed by atoms with Gasteiger partial charge in [-0.05, 0) is 66.1 Å². The van der Waals surface area contributed by atoms with Crippen LogP contribution in [0.5, 0.6) is 11.5 Å². The second-order valence-corrected chi connectivity index (χ2v) is 12.4. The van der Waals surface area contributed by atoms with Gasteiger partial charge in [-0.15, -0.1) is 0 Å². The highest BCUT2D eigenvalue weighted by Crippen LogP contribution is 2.27. The number of nitrogens with zero attached hydrogens (tertiary/aromatic N) is 3. The number of anilines is 1. The summed E-state index contributed by atoms with van der Waals surface area (Å²) in [5.74, 6) is 0.308. The van der Waals surface area contributed by atoms with Crippen LogP contribution in [0.15, 0.2) is 85.2 Å². The van der Waals surface area contributed by atoms with E-state index in [1.165, 1.54) is 6.20 Å². The molecule has 0 saturated carbocycles. The molecule has 2 atom stereocenters. The molecular formula is C37H36N6O6. The normalized spacial score (nSPS) is 19.5. The number of aromatic nitrogens is 1. The van der Waals surface area contributed by atoms with Crippen LogP contribution in [-0.4, -0.2) is 78.6 Å². The molecule has 3 N–H and O–H groups in total. The van der Waals surface area contributed by atoms with Crippen molar-refractivity contribution in [2.45, 2.75) is 32.0 Å². The SMILES string of the molecule is Cc1ccc(C(=O)N2CC[C@@H]3Oc4ccc(cc4)CNC(=O)COc4cccc(c4)-c4cncc(c4)C(=O)N[C@@H]3C2)cc1N1CCNC1=O. The molecule has 12 heteroatoms. The number of ether oxygens (including phenoxy) is 2. The summed E-state index contributed by atoms with van der Waals surface area (Å²) in [6.45, 7) is 3.78. The van der Waals surface area contributed by atoms with Gasteiger partial charge >= 0.3 is 6.03 Å². The molecule has 5 amide bonds. The average Bonchev–Trinajstić information content (AvgIpc) is 3.56. The Morgan fingerprint density at radius 1 is 0.878 bits per heavy atom. The summed E-state index contributed by atoms with van der Waals surface area (Å²) in [6, 6.07) is 21.0. The second kappa shape index (κ2) is 13.7. The van der Waals surface area contributed by atoms with Gasteiger partial charge in [-0.2, -0.15) is 0 Å². The van der Waals surface area contributed by atoms with Gasteiger partial charge in [-0.3, -0.25) is 24.3 Å². The molecule has 2 saturated heterocycles. The number of hydrogen-bond acceptors (Lipinski definition) is 7. The Hall–Kier alpha value is -5.91. The van der Waals surface area contributed by atoms with E-state index in [9.17, 15) is 19.2 Å². The third kappa shape index (κ3) is 7.03. The number of rotatable bonds is 2. The zero-order valence-electron chi connectivity index (χ0n) is 27.0. The van der Waals surface area contributed by atoms with Gasteiger partial charge in [0.2, 0.25) is 0 Å². The van der Waals surface area contributed by atoms with E-state index in [0.29, 0.717) is 66.5 Å². The van der Waals surface area contributed by atoms with E-state index in [-0.39, 0.29) is 36.9 Å². The molecule has 2 fully saturated rings. The highest BCUT2D eigenvalue weighted by atomic mass is 16.5. The fourth-order valence-corrected chi connectivity index (χ4v) is 6.31.